The van der Waals surface area contributed by atoms with Crippen LogP contribution in [0.1, 0.15) is 18.5 Å². The summed E-state index contributed by atoms with van der Waals surface area (Å²) in [5.74, 6) is -0.541. The lowest BCUT2D eigenvalue weighted by Crippen LogP contribution is -2.37. The lowest BCUT2D eigenvalue weighted by atomic mass is 10.1. The Labute approximate surface area is 118 Å². The largest absolute Gasteiger partial charge is 0.508 e. The highest BCUT2D eigenvalue weighted by Crippen LogP contribution is 2.27. The van der Waals surface area contributed by atoms with Crippen LogP contribution in [0.5, 0.6) is 5.75 Å². The first-order valence-electron chi connectivity index (χ1n) is 6.40. The second-order valence-corrected chi connectivity index (χ2v) is 4.64. The maximum absolute atomic E-state index is 13.2. The van der Waals surface area contributed by atoms with Crippen LogP contribution in [0.2, 0.25) is 0 Å². The molecule has 0 saturated heterocycles. The second kappa shape index (κ2) is 7.81. The molecule has 0 aliphatic carbocycles. The van der Waals surface area contributed by atoms with Gasteiger partial charge in [0.2, 0.25) is 5.91 Å². The zero-order chi connectivity index (χ0) is 15.1. The third kappa shape index (κ3) is 4.79. The van der Waals surface area contributed by atoms with Crippen molar-refractivity contribution in [2.75, 3.05) is 33.9 Å². The Hall–Kier alpha value is -1.66. The molecule has 0 radical (unpaired) electrons. The molecular formula is C14H21FN2O3. The highest BCUT2D eigenvalue weighted by Gasteiger charge is 2.18. The summed E-state index contributed by atoms with van der Waals surface area (Å²) >= 11 is 0. The van der Waals surface area contributed by atoms with E-state index in [0.717, 1.165) is 0 Å². The number of rotatable bonds is 7. The molecule has 0 spiro atoms. The van der Waals surface area contributed by atoms with E-state index >= 15 is 0 Å². The topological polar surface area (TPSA) is 61.8 Å². The van der Waals surface area contributed by atoms with Crippen LogP contribution in [0.4, 0.5) is 4.39 Å². The average Bonchev–Trinajstić information content (AvgIpc) is 2.41. The molecule has 0 fully saturated rings. The predicted molar refractivity (Wildman–Crippen MR) is 74.0 cm³/mol. The Bertz CT molecular complexity index is 454. The number of amides is 1. The summed E-state index contributed by atoms with van der Waals surface area (Å²) in [6, 6.07) is 3.51. The monoisotopic (exact) mass is 284 g/mol. The summed E-state index contributed by atoms with van der Waals surface area (Å²) in [4.78, 5) is 13.4. The lowest BCUT2D eigenvalue weighted by molar-refractivity contribution is -0.122. The van der Waals surface area contributed by atoms with Crippen molar-refractivity contribution >= 4 is 5.91 Å². The van der Waals surface area contributed by atoms with E-state index in [1.165, 1.54) is 18.2 Å². The Morgan fingerprint density at radius 3 is 2.90 bits per heavy atom. The summed E-state index contributed by atoms with van der Waals surface area (Å²) in [5.41, 5.74) is 0.456. The number of halogens is 1. The third-order valence-electron chi connectivity index (χ3n) is 3.12. The molecule has 2 N–H and O–H groups in total. The van der Waals surface area contributed by atoms with E-state index in [1.807, 2.05) is 0 Å². The number of nitrogens with zero attached hydrogens (tertiary/aromatic N) is 1. The minimum absolute atomic E-state index is 0.0190. The van der Waals surface area contributed by atoms with Crippen LogP contribution in [-0.4, -0.2) is 49.8 Å². The van der Waals surface area contributed by atoms with Crippen molar-refractivity contribution in [3.8, 4) is 5.75 Å². The second-order valence-electron chi connectivity index (χ2n) is 4.64. The van der Waals surface area contributed by atoms with Crippen molar-refractivity contribution in [3.63, 3.8) is 0 Å². The van der Waals surface area contributed by atoms with Gasteiger partial charge in [-0.1, -0.05) is 0 Å². The number of carbonyl (C=O) groups excluding carboxylic acids is 1. The lowest BCUT2D eigenvalue weighted by Gasteiger charge is -2.25. The molecule has 20 heavy (non-hydrogen) atoms. The normalized spacial score (nSPS) is 12.4. The summed E-state index contributed by atoms with van der Waals surface area (Å²) in [7, 11) is 3.30. The minimum atomic E-state index is -0.414. The van der Waals surface area contributed by atoms with Gasteiger partial charge in [0.15, 0.2) is 0 Å². The fourth-order valence-electron chi connectivity index (χ4n) is 1.81. The number of ether oxygens (including phenoxy) is 1. The third-order valence-corrected chi connectivity index (χ3v) is 3.12. The van der Waals surface area contributed by atoms with E-state index in [9.17, 15) is 14.3 Å². The Balaban J connectivity index is 2.60. The number of aromatic hydroxyl groups is 1. The van der Waals surface area contributed by atoms with Crippen molar-refractivity contribution in [2.24, 2.45) is 0 Å². The van der Waals surface area contributed by atoms with E-state index in [4.69, 9.17) is 4.74 Å². The van der Waals surface area contributed by atoms with Gasteiger partial charge in [-0.15, -0.1) is 0 Å². The van der Waals surface area contributed by atoms with Gasteiger partial charge in [0.1, 0.15) is 11.6 Å². The number of nitrogens with one attached hydrogen (secondary N) is 1. The van der Waals surface area contributed by atoms with Crippen molar-refractivity contribution in [3.05, 3.63) is 29.6 Å². The number of hydrogen-bond donors (Lipinski definition) is 2. The quantitative estimate of drug-likeness (QED) is 0.741. The van der Waals surface area contributed by atoms with Gasteiger partial charge in [-0.2, -0.15) is 0 Å². The van der Waals surface area contributed by atoms with E-state index < -0.39 is 5.82 Å². The number of methoxy groups -OCH3 is 1. The molecule has 1 amide bonds. The van der Waals surface area contributed by atoms with Crippen LogP contribution >= 0.6 is 0 Å². The van der Waals surface area contributed by atoms with Crippen LogP contribution in [0, 0.1) is 5.82 Å². The van der Waals surface area contributed by atoms with Crippen molar-refractivity contribution in [1.29, 1.82) is 0 Å². The van der Waals surface area contributed by atoms with Crippen molar-refractivity contribution in [1.82, 2.24) is 10.2 Å². The summed E-state index contributed by atoms with van der Waals surface area (Å²) in [6.07, 6.45) is 0. The van der Waals surface area contributed by atoms with Crippen molar-refractivity contribution in [2.45, 2.75) is 13.0 Å². The fourth-order valence-corrected chi connectivity index (χ4v) is 1.81. The SMILES string of the molecule is COCCNC(=O)CN(C)C(C)c1cc(F)ccc1O. The summed E-state index contributed by atoms with van der Waals surface area (Å²) < 4.78 is 18.1. The van der Waals surface area contributed by atoms with Gasteiger partial charge in [0, 0.05) is 25.3 Å². The molecule has 0 saturated carbocycles. The standard InChI is InChI=1S/C14H21FN2O3/c1-10(12-8-11(15)4-5-13(12)18)17(2)9-14(19)16-6-7-20-3/h4-5,8,10,18H,6-7,9H2,1-3H3,(H,16,19). The molecule has 0 bridgehead atoms. The average molecular weight is 284 g/mol. The van der Waals surface area contributed by atoms with Crippen molar-refractivity contribution < 1.29 is 19.0 Å². The maximum Gasteiger partial charge on any atom is 0.234 e. The Kier molecular flexibility index (Phi) is 6.41. The van der Waals surface area contributed by atoms with Crippen LogP contribution in [0.3, 0.4) is 0 Å². The minimum Gasteiger partial charge on any atom is -0.508 e. The Morgan fingerprint density at radius 2 is 2.25 bits per heavy atom. The van der Waals surface area contributed by atoms with Gasteiger partial charge < -0.3 is 15.2 Å². The van der Waals surface area contributed by atoms with E-state index in [2.05, 4.69) is 5.32 Å². The summed E-state index contributed by atoms with van der Waals surface area (Å²) in [6.45, 7) is 2.86. The maximum atomic E-state index is 13.2. The van der Waals surface area contributed by atoms with Crippen LogP contribution in [0.25, 0.3) is 0 Å². The molecule has 1 aromatic rings. The predicted octanol–water partition coefficient (Wildman–Crippen LogP) is 1.29. The molecule has 1 unspecified atom stereocenters. The number of phenolic OH excluding ortho intramolecular Hbond substituents is 1. The van der Waals surface area contributed by atoms with Gasteiger partial charge in [0.05, 0.1) is 13.2 Å². The zero-order valence-corrected chi connectivity index (χ0v) is 12.0. The van der Waals surface area contributed by atoms with Gasteiger partial charge >= 0.3 is 0 Å². The first-order valence-corrected chi connectivity index (χ1v) is 6.40. The number of hydrogen-bond acceptors (Lipinski definition) is 4. The molecule has 112 valence electrons. The number of phenols is 1. The first-order chi connectivity index (χ1) is 9.45. The highest BCUT2D eigenvalue weighted by molar-refractivity contribution is 5.78. The van der Waals surface area contributed by atoms with Crippen LogP contribution in [-0.2, 0) is 9.53 Å². The van der Waals surface area contributed by atoms with E-state index in [-0.39, 0.29) is 24.2 Å². The molecule has 0 aliphatic heterocycles. The Morgan fingerprint density at radius 1 is 1.55 bits per heavy atom. The molecule has 1 rings (SSSR count). The molecule has 1 atom stereocenters. The van der Waals surface area contributed by atoms with Gasteiger partial charge in [0.25, 0.3) is 0 Å². The molecule has 0 heterocycles. The molecule has 0 aliphatic rings. The number of benzene rings is 1. The molecular weight excluding hydrogens is 263 g/mol. The van der Waals surface area contributed by atoms with Gasteiger partial charge in [-0.3, -0.25) is 9.69 Å². The fraction of sp³-hybridized carbons (Fsp3) is 0.500. The molecule has 0 aromatic heterocycles. The van der Waals surface area contributed by atoms with Crippen LogP contribution < -0.4 is 5.32 Å². The smallest absolute Gasteiger partial charge is 0.234 e. The number of carbonyl (C=O) groups is 1. The number of likely N-dealkylation sites (N-methyl/N-ethyl adjacent to an activating group) is 1. The van der Waals surface area contributed by atoms with Gasteiger partial charge in [-0.25, -0.2) is 4.39 Å². The van der Waals surface area contributed by atoms with Gasteiger partial charge in [-0.05, 0) is 32.2 Å². The molecule has 5 nitrogen and oxygen atoms in total. The van der Waals surface area contributed by atoms with Crippen LogP contribution in [0.15, 0.2) is 18.2 Å². The summed E-state index contributed by atoms with van der Waals surface area (Å²) in [5, 5.41) is 12.5. The van der Waals surface area contributed by atoms with E-state index in [1.54, 1.807) is 26.0 Å². The van der Waals surface area contributed by atoms with E-state index in [0.29, 0.717) is 18.7 Å². The first kappa shape index (κ1) is 16.4. The molecule has 6 heteroatoms. The zero-order valence-electron chi connectivity index (χ0n) is 12.0. The highest BCUT2D eigenvalue weighted by atomic mass is 19.1. The molecule has 1 aromatic carbocycles.